The van der Waals surface area contributed by atoms with E-state index in [0.717, 1.165) is 54.9 Å². The zero-order valence-electron chi connectivity index (χ0n) is 23.1. The van der Waals surface area contributed by atoms with Crippen molar-refractivity contribution in [3.8, 4) is 22.9 Å². The van der Waals surface area contributed by atoms with Gasteiger partial charge in [-0.25, -0.2) is 9.97 Å². The Morgan fingerprint density at radius 2 is 1.77 bits per heavy atom. The fourth-order valence-electron chi connectivity index (χ4n) is 5.58. The van der Waals surface area contributed by atoms with Crippen molar-refractivity contribution in [1.29, 1.82) is 0 Å². The quantitative estimate of drug-likeness (QED) is 0.290. The number of hydrogen-bond acceptors (Lipinski definition) is 11. The third-order valence-corrected chi connectivity index (χ3v) is 8.65. The van der Waals surface area contributed by atoms with Crippen molar-refractivity contribution in [3.63, 3.8) is 0 Å². The van der Waals surface area contributed by atoms with Gasteiger partial charge in [0, 0.05) is 30.1 Å². The van der Waals surface area contributed by atoms with E-state index in [1.807, 2.05) is 22.9 Å². The fourth-order valence-corrected chi connectivity index (χ4v) is 6.64. The van der Waals surface area contributed by atoms with Crippen molar-refractivity contribution in [2.24, 2.45) is 0 Å². The summed E-state index contributed by atoms with van der Waals surface area (Å²) in [4.78, 5) is 21.4. The molecule has 0 radical (unpaired) electrons. The average molecular weight is 566 g/mol. The molecule has 2 saturated heterocycles. The molecule has 0 saturated carbocycles. The van der Waals surface area contributed by atoms with Crippen LogP contribution < -0.4 is 24.4 Å². The monoisotopic (exact) mass is 565 g/mol. The molecular formula is C28H35N7O4S. The number of imidazole rings is 1. The Morgan fingerprint density at radius 3 is 2.48 bits per heavy atom. The number of aliphatic hydroxyl groups is 1. The Morgan fingerprint density at radius 1 is 1.00 bits per heavy atom. The van der Waals surface area contributed by atoms with Crippen molar-refractivity contribution in [2.45, 2.75) is 38.3 Å². The van der Waals surface area contributed by atoms with Gasteiger partial charge in [-0.05, 0) is 44.8 Å². The van der Waals surface area contributed by atoms with Gasteiger partial charge in [0.25, 0.3) is 0 Å². The number of likely N-dealkylation sites (tertiary alicyclic amines) is 1. The number of ether oxygens (including phenoxy) is 3. The minimum absolute atomic E-state index is 0.0357. The van der Waals surface area contributed by atoms with Crippen LogP contribution in [0.1, 0.15) is 30.6 Å². The average Bonchev–Trinajstić information content (AvgIpc) is 3.79. The van der Waals surface area contributed by atoms with Crippen LogP contribution in [0.15, 0.2) is 30.7 Å². The van der Waals surface area contributed by atoms with E-state index in [1.165, 1.54) is 17.7 Å². The maximum absolute atomic E-state index is 9.94. The summed E-state index contributed by atoms with van der Waals surface area (Å²) in [5.74, 6) is 3.67. The Balaban J connectivity index is 1.35. The van der Waals surface area contributed by atoms with Gasteiger partial charge in [0.15, 0.2) is 11.5 Å². The van der Waals surface area contributed by atoms with Crippen LogP contribution in [0.5, 0.6) is 17.2 Å². The molecule has 2 N–H and O–H groups in total. The standard InChI is InChI=1S/C28H35N7O4S/c1-37-22-11-19(12-23(38-2)25(22)39-3)34-15-24(29-17-34)30-26-21-13-20(14-33-8-4-5-9-33)40-27(21)32-28(31-26)35-10-6-7-18(35)16-36/h11-13,15,17-18,36H,4-10,14,16H2,1-3H3,(H,30,31,32)/t18-/m0/s1. The zero-order valence-corrected chi connectivity index (χ0v) is 23.9. The van der Waals surface area contributed by atoms with Crippen LogP contribution in [-0.4, -0.2) is 83.1 Å². The van der Waals surface area contributed by atoms with Gasteiger partial charge in [-0.3, -0.25) is 4.90 Å². The molecule has 0 amide bonds. The summed E-state index contributed by atoms with van der Waals surface area (Å²) >= 11 is 1.72. The van der Waals surface area contributed by atoms with Crippen LogP contribution in [0.3, 0.4) is 0 Å². The van der Waals surface area contributed by atoms with Gasteiger partial charge in [0.2, 0.25) is 11.7 Å². The van der Waals surface area contributed by atoms with Crippen LogP contribution in [0.4, 0.5) is 17.6 Å². The Bertz CT molecular complexity index is 1460. The normalized spacial score (nSPS) is 17.6. The van der Waals surface area contributed by atoms with Crippen LogP contribution in [0, 0.1) is 0 Å². The van der Waals surface area contributed by atoms with E-state index in [2.05, 4.69) is 26.2 Å². The van der Waals surface area contributed by atoms with Crippen molar-refractivity contribution in [1.82, 2.24) is 24.4 Å². The SMILES string of the molecule is COc1cc(-n2cnc(Nc3nc(N4CCC[C@H]4CO)nc4sc(CN5CCCC5)cc34)c2)cc(OC)c1OC. The van der Waals surface area contributed by atoms with Gasteiger partial charge in [-0.1, -0.05) is 0 Å². The molecule has 3 aromatic heterocycles. The molecule has 1 aromatic carbocycles. The highest BCUT2D eigenvalue weighted by Crippen LogP contribution is 2.40. The van der Waals surface area contributed by atoms with Gasteiger partial charge in [-0.2, -0.15) is 4.98 Å². The molecule has 2 aliphatic rings. The molecule has 1 atom stereocenters. The second kappa shape index (κ2) is 11.5. The predicted octanol–water partition coefficient (Wildman–Crippen LogP) is 4.20. The number of benzene rings is 1. The largest absolute Gasteiger partial charge is 0.493 e. The zero-order chi connectivity index (χ0) is 27.6. The lowest BCUT2D eigenvalue weighted by Gasteiger charge is -2.23. The molecule has 12 heteroatoms. The number of nitrogens with one attached hydrogen (secondary N) is 1. The van der Waals surface area contributed by atoms with Gasteiger partial charge in [0.05, 0.1) is 51.2 Å². The number of aromatic nitrogens is 4. The lowest BCUT2D eigenvalue weighted by Crippen LogP contribution is -2.33. The third kappa shape index (κ3) is 5.14. The minimum Gasteiger partial charge on any atom is -0.493 e. The lowest BCUT2D eigenvalue weighted by atomic mass is 10.2. The molecule has 0 unspecified atom stereocenters. The van der Waals surface area contributed by atoms with Crippen molar-refractivity contribution < 1.29 is 19.3 Å². The Kier molecular flexibility index (Phi) is 7.63. The van der Waals surface area contributed by atoms with E-state index in [0.29, 0.717) is 34.8 Å². The maximum atomic E-state index is 9.94. The highest BCUT2D eigenvalue weighted by atomic mass is 32.1. The number of methoxy groups -OCH3 is 3. The highest BCUT2D eigenvalue weighted by Gasteiger charge is 2.28. The first-order chi connectivity index (χ1) is 19.6. The number of thiophene rings is 1. The first-order valence-corrected chi connectivity index (χ1v) is 14.4. The van der Waals surface area contributed by atoms with E-state index in [1.54, 1.807) is 39.0 Å². The fraction of sp³-hybridized carbons (Fsp3) is 0.464. The van der Waals surface area contributed by atoms with Crippen LogP contribution in [-0.2, 0) is 6.54 Å². The summed E-state index contributed by atoms with van der Waals surface area (Å²) in [6, 6.07) is 5.99. The van der Waals surface area contributed by atoms with Crippen LogP contribution in [0.2, 0.25) is 0 Å². The van der Waals surface area contributed by atoms with Crippen molar-refractivity contribution in [2.75, 3.05) is 57.8 Å². The summed E-state index contributed by atoms with van der Waals surface area (Å²) in [7, 11) is 4.78. The molecule has 2 aliphatic heterocycles. The van der Waals surface area contributed by atoms with Crippen molar-refractivity contribution in [3.05, 3.63) is 35.6 Å². The number of aliphatic hydroxyl groups excluding tert-OH is 1. The molecule has 0 aliphatic carbocycles. The first-order valence-electron chi connectivity index (χ1n) is 13.6. The van der Waals surface area contributed by atoms with E-state index < -0.39 is 0 Å². The van der Waals surface area contributed by atoms with E-state index in [-0.39, 0.29) is 12.6 Å². The maximum Gasteiger partial charge on any atom is 0.229 e. The smallest absolute Gasteiger partial charge is 0.229 e. The highest BCUT2D eigenvalue weighted by molar-refractivity contribution is 7.18. The number of fused-ring (bicyclic) bond motifs is 1. The predicted molar refractivity (Wildman–Crippen MR) is 156 cm³/mol. The van der Waals surface area contributed by atoms with E-state index in [9.17, 15) is 5.11 Å². The second-order valence-corrected chi connectivity index (χ2v) is 11.2. The van der Waals surface area contributed by atoms with Gasteiger partial charge in [-0.15, -0.1) is 11.3 Å². The summed E-state index contributed by atoms with van der Waals surface area (Å²) in [5.41, 5.74) is 0.815. The third-order valence-electron chi connectivity index (χ3n) is 7.63. The molecule has 11 nitrogen and oxygen atoms in total. The van der Waals surface area contributed by atoms with Crippen molar-refractivity contribution >= 4 is 39.1 Å². The minimum atomic E-state index is 0.0357. The number of hydrogen-bond donors (Lipinski definition) is 2. The summed E-state index contributed by atoms with van der Waals surface area (Å²) in [6.45, 7) is 4.13. The van der Waals surface area contributed by atoms with E-state index in [4.69, 9.17) is 24.2 Å². The topological polar surface area (TPSA) is 110 Å². The van der Waals surface area contributed by atoms with Gasteiger partial charge >= 0.3 is 0 Å². The second-order valence-electron chi connectivity index (χ2n) is 10.1. The van der Waals surface area contributed by atoms with Gasteiger partial charge < -0.3 is 34.1 Å². The molecular weight excluding hydrogens is 530 g/mol. The summed E-state index contributed by atoms with van der Waals surface area (Å²) in [5, 5.41) is 14.4. The summed E-state index contributed by atoms with van der Waals surface area (Å²) < 4.78 is 18.4. The molecule has 212 valence electrons. The summed E-state index contributed by atoms with van der Waals surface area (Å²) in [6.07, 6.45) is 8.10. The Labute approximate surface area is 237 Å². The molecule has 0 bridgehead atoms. The molecule has 5 heterocycles. The van der Waals surface area contributed by atoms with Crippen LogP contribution in [0.25, 0.3) is 15.9 Å². The van der Waals surface area contributed by atoms with Gasteiger partial charge in [0.1, 0.15) is 22.8 Å². The first kappa shape index (κ1) is 26.6. The molecule has 4 aromatic rings. The molecule has 2 fully saturated rings. The molecule has 40 heavy (non-hydrogen) atoms. The molecule has 0 spiro atoms. The number of rotatable bonds is 10. The Hall–Kier alpha value is -3.61. The van der Waals surface area contributed by atoms with E-state index >= 15 is 0 Å². The molecule has 6 rings (SSSR count). The van der Waals surface area contributed by atoms with Crippen LogP contribution >= 0.6 is 11.3 Å². The lowest BCUT2D eigenvalue weighted by molar-refractivity contribution is 0.265. The number of nitrogens with zero attached hydrogens (tertiary/aromatic N) is 6. The number of anilines is 3.